The summed E-state index contributed by atoms with van der Waals surface area (Å²) >= 11 is 0. The number of aryl methyl sites for hydroxylation is 1. The van der Waals surface area contributed by atoms with E-state index in [1.165, 1.54) is 5.56 Å². The van der Waals surface area contributed by atoms with E-state index in [0.29, 0.717) is 5.39 Å². The highest BCUT2D eigenvalue weighted by molar-refractivity contribution is 5.77. The maximum absolute atomic E-state index is 12.0. The van der Waals surface area contributed by atoms with Gasteiger partial charge in [-0.2, -0.15) is 0 Å². The molecule has 124 valence electrons. The molecule has 1 unspecified atom stereocenters. The third-order valence-corrected chi connectivity index (χ3v) is 4.24. The van der Waals surface area contributed by atoms with Crippen molar-refractivity contribution >= 4 is 10.9 Å². The number of nitrogens with two attached hydrogens (primary N) is 1. The molecule has 24 heavy (non-hydrogen) atoms. The first-order valence-corrected chi connectivity index (χ1v) is 8.50. The zero-order chi connectivity index (χ0) is 16.8. The number of fused-ring (bicyclic) bond motifs is 1. The summed E-state index contributed by atoms with van der Waals surface area (Å²) in [4.78, 5) is 19.4. The number of nitrogens with one attached hydrogen (secondary N) is 1. The second kappa shape index (κ2) is 7.88. The maximum Gasteiger partial charge on any atom is 0.258 e. The zero-order valence-corrected chi connectivity index (χ0v) is 13.7. The number of hydrogen-bond donors (Lipinski definition) is 2. The Morgan fingerprint density at radius 3 is 2.58 bits per heavy atom. The highest BCUT2D eigenvalue weighted by Gasteiger charge is 2.06. The van der Waals surface area contributed by atoms with Crippen molar-refractivity contribution in [3.05, 3.63) is 76.3 Å². The van der Waals surface area contributed by atoms with Gasteiger partial charge in [0.2, 0.25) is 0 Å². The van der Waals surface area contributed by atoms with Crippen LogP contribution in [0.2, 0.25) is 0 Å². The van der Waals surface area contributed by atoms with E-state index in [0.717, 1.165) is 43.4 Å². The van der Waals surface area contributed by atoms with E-state index in [-0.39, 0.29) is 11.6 Å². The minimum absolute atomic E-state index is 0.0589. The standard InChI is InChI=1S/C20H23N3O/c21-16(14-15-8-2-1-3-9-15)10-4-7-13-19-22-18-12-6-5-11-17(18)20(24)23-19/h1-3,5-6,8-9,11-12,16H,4,7,10,13-14,21H2,(H,22,23,24). The topological polar surface area (TPSA) is 71.8 Å². The Morgan fingerprint density at radius 1 is 1.00 bits per heavy atom. The molecule has 0 aliphatic rings. The predicted molar refractivity (Wildman–Crippen MR) is 98.0 cm³/mol. The van der Waals surface area contributed by atoms with E-state index in [1.54, 1.807) is 6.07 Å². The Balaban J connectivity index is 1.49. The van der Waals surface area contributed by atoms with E-state index in [2.05, 4.69) is 22.1 Å². The quantitative estimate of drug-likeness (QED) is 0.656. The molecule has 2 aromatic carbocycles. The van der Waals surface area contributed by atoms with Crippen LogP contribution in [-0.2, 0) is 12.8 Å². The normalized spacial score (nSPS) is 12.4. The molecule has 0 saturated heterocycles. The lowest BCUT2D eigenvalue weighted by atomic mass is 10.0. The molecule has 1 atom stereocenters. The molecule has 3 rings (SSSR count). The van der Waals surface area contributed by atoms with Crippen molar-refractivity contribution in [2.24, 2.45) is 5.73 Å². The number of hydrogen-bond acceptors (Lipinski definition) is 3. The molecule has 1 heterocycles. The van der Waals surface area contributed by atoms with Crippen LogP contribution in [0, 0.1) is 0 Å². The van der Waals surface area contributed by atoms with Crippen molar-refractivity contribution in [2.45, 2.75) is 38.1 Å². The lowest BCUT2D eigenvalue weighted by Gasteiger charge is -2.11. The lowest BCUT2D eigenvalue weighted by Crippen LogP contribution is -2.22. The van der Waals surface area contributed by atoms with Gasteiger partial charge in [0.05, 0.1) is 10.9 Å². The Kier molecular flexibility index (Phi) is 5.39. The highest BCUT2D eigenvalue weighted by Crippen LogP contribution is 2.10. The van der Waals surface area contributed by atoms with E-state index in [1.807, 2.05) is 36.4 Å². The van der Waals surface area contributed by atoms with Gasteiger partial charge in [-0.1, -0.05) is 48.9 Å². The number of aromatic amines is 1. The summed E-state index contributed by atoms with van der Waals surface area (Å²) in [5.74, 6) is 0.760. The second-order valence-electron chi connectivity index (χ2n) is 6.23. The lowest BCUT2D eigenvalue weighted by molar-refractivity contribution is 0.557. The summed E-state index contributed by atoms with van der Waals surface area (Å²) in [5, 5.41) is 0.645. The number of aromatic nitrogens is 2. The number of nitrogens with zero attached hydrogens (tertiary/aromatic N) is 1. The van der Waals surface area contributed by atoms with Crippen LogP contribution >= 0.6 is 0 Å². The van der Waals surface area contributed by atoms with Crippen LogP contribution in [0.25, 0.3) is 10.9 Å². The van der Waals surface area contributed by atoms with E-state index >= 15 is 0 Å². The van der Waals surface area contributed by atoms with Crippen LogP contribution in [0.15, 0.2) is 59.4 Å². The molecule has 0 aliphatic carbocycles. The fraction of sp³-hybridized carbons (Fsp3) is 0.300. The Hall–Kier alpha value is -2.46. The van der Waals surface area contributed by atoms with Gasteiger partial charge in [0, 0.05) is 12.5 Å². The number of benzene rings is 2. The number of H-pyrrole nitrogens is 1. The fourth-order valence-corrected chi connectivity index (χ4v) is 2.97. The molecule has 4 nitrogen and oxygen atoms in total. The van der Waals surface area contributed by atoms with Crippen LogP contribution in [0.1, 0.15) is 30.7 Å². The van der Waals surface area contributed by atoms with Gasteiger partial charge >= 0.3 is 0 Å². The van der Waals surface area contributed by atoms with Crippen molar-refractivity contribution in [1.29, 1.82) is 0 Å². The molecular weight excluding hydrogens is 298 g/mol. The zero-order valence-electron chi connectivity index (χ0n) is 13.7. The van der Waals surface area contributed by atoms with Crippen molar-refractivity contribution < 1.29 is 0 Å². The van der Waals surface area contributed by atoms with Crippen LogP contribution in [0.3, 0.4) is 0 Å². The first-order chi connectivity index (χ1) is 11.7. The van der Waals surface area contributed by atoms with Crippen LogP contribution in [0.4, 0.5) is 0 Å². The number of para-hydroxylation sites is 1. The van der Waals surface area contributed by atoms with Gasteiger partial charge in [-0.15, -0.1) is 0 Å². The first-order valence-electron chi connectivity index (χ1n) is 8.50. The molecule has 0 aliphatic heterocycles. The molecule has 3 N–H and O–H groups in total. The summed E-state index contributed by atoms with van der Waals surface area (Å²) in [6, 6.07) is 18.0. The average molecular weight is 321 g/mol. The smallest absolute Gasteiger partial charge is 0.258 e. The summed E-state index contributed by atoms with van der Waals surface area (Å²) in [6.45, 7) is 0. The third-order valence-electron chi connectivity index (χ3n) is 4.24. The van der Waals surface area contributed by atoms with Gasteiger partial charge in [-0.05, 0) is 37.0 Å². The molecule has 0 amide bonds. The Labute approximate surface area is 141 Å². The molecule has 0 bridgehead atoms. The molecule has 3 aromatic rings. The monoisotopic (exact) mass is 321 g/mol. The number of rotatable bonds is 7. The number of unbranched alkanes of at least 4 members (excludes halogenated alkanes) is 1. The summed E-state index contributed by atoms with van der Waals surface area (Å²) in [6.07, 6.45) is 4.67. The van der Waals surface area contributed by atoms with E-state index < -0.39 is 0 Å². The highest BCUT2D eigenvalue weighted by atomic mass is 16.1. The minimum Gasteiger partial charge on any atom is -0.327 e. The van der Waals surface area contributed by atoms with Crippen molar-refractivity contribution in [2.75, 3.05) is 0 Å². The molecule has 1 aromatic heterocycles. The average Bonchev–Trinajstić information content (AvgIpc) is 2.60. The first kappa shape index (κ1) is 16.4. The van der Waals surface area contributed by atoms with Gasteiger partial charge in [-0.25, -0.2) is 4.98 Å². The van der Waals surface area contributed by atoms with Crippen LogP contribution < -0.4 is 11.3 Å². The summed E-state index contributed by atoms with van der Waals surface area (Å²) in [5.41, 5.74) is 8.20. The maximum atomic E-state index is 12.0. The molecule has 0 spiro atoms. The van der Waals surface area contributed by atoms with Gasteiger partial charge in [-0.3, -0.25) is 4.79 Å². The summed E-state index contributed by atoms with van der Waals surface area (Å²) in [7, 11) is 0. The Morgan fingerprint density at radius 2 is 1.75 bits per heavy atom. The largest absolute Gasteiger partial charge is 0.327 e. The van der Waals surface area contributed by atoms with E-state index in [9.17, 15) is 4.79 Å². The van der Waals surface area contributed by atoms with Crippen molar-refractivity contribution in [3.63, 3.8) is 0 Å². The second-order valence-corrected chi connectivity index (χ2v) is 6.23. The van der Waals surface area contributed by atoms with Gasteiger partial charge in [0.25, 0.3) is 5.56 Å². The van der Waals surface area contributed by atoms with E-state index in [4.69, 9.17) is 5.73 Å². The minimum atomic E-state index is -0.0589. The fourth-order valence-electron chi connectivity index (χ4n) is 2.97. The predicted octanol–water partition coefficient (Wildman–Crippen LogP) is 3.21. The molecule has 0 saturated carbocycles. The van der Waals surface area contributed by atoms with Crippen molar-refractivity contribution in [1.82, 2.24) is 9.97 Å². The van der Waals surface area contributed by atoms with Gasteiger partial charge < -0.3 is 10.7 Å². The van der Waals surface area contributed by atoms with Gasteiger partial charge in [0.15, 0.2) is 0 Å². The molecule has 0 radical (unpaired) electrons. The molecule has 0 fully saturated rings. The van der Waals surface area contributed by atoms with Crippen LogP contribution in [0.5, 0.6) is 0 Å². The van der Waals surface area contributed by atoms with Crippen molar-refractivity contribution in [3.8, 4) is 0 Å². The SMILES string of the molecule is NC(CCCCc1nc2ccccc2c(=O)[nH]1)Cc1ccccc1. The van der Waals surface area contributed by atoms with Gasteiger partial charge in [0.1, 0.15) is 5.82 Å². The summed E-state index contributed by atoms with van der Waals surface area (Å²) < 4.78 is 0. The van der Waals surface area contributed by atoms with Crippen LogP contribution in [-0.4, -0.2) is 16.0 Å². The third kappa shape index (κ3) is 4.30. The Bertz CT molecular complexity index is 842. The molecular formula is C20H23N3O. The molecule has 4 heteroatoms.